The van der Waals surface area contributed by atoms with Crippen LogP contribution in [0.3, 0.4) is 0 Å². The van der Waals surface area contributed by atoms with Gasteiger partial charge in [-0.05, 0) is 45.6 Å². The molecule has 96 valence electrons. The van der Waals surface area contributed by atoms with Gasteiger partial charge in [0.1, 0.15) is 0 Å². The predicted molar refractivity (Wildman–Crippen MR) is 71.9 cm³/mol. The first-order valence-electron chi connectivity index (χ1n) is 5.96. The lowest BCUT2D eigenvalue weighted by molar-refractivity contribution is 0.0679. The Morgan fingerprint density at radius 2 is 2.06 bits per heavy atom. The van der Waals surface area contributed by atoms with Gasteiger partial charge < -0.3 is 9.80 Å². The van der Waals surface area contributed by atoms with E-state index in [-0.39, 0.29) is 0 Å². The van der Waals surface area contributed by atoms with E-state index in [4.69, 9.17) is 12.2 Å². The second-order valence-electron chi connectivity index (χ2n) is 5.22. The molecule has 0 aliphatic heterocycles. The Balaban J connectivity index is 2.14. The van der Waals surface area contributed by atoms with Gasteiger partial charge in [-0.2, -0.15) is 0 Å². The van der Waals surface area contributed by atoms with Gasteiger partial charge in [0.2, 0.25) is 5.95 Å². The van der Waals surface area contributed by atoms with Gasteiger partial charge in [-0.25, -0.2) is 5.10 Å². The average molecular weight is 255 g/mol. The maximum absolute atomic E-state index is 5.14. The van der Waals surface area contributed by atoms with Crippen molar-refractivity contribution in [2.45, 2.75) is 24.8 Å². The zero-order valence-electron chi connectivity index (χ0n) is 11.0. The fourth-order valence-corrected chi connectivity index (χ4v) is 2.65. The molecule has 0 bridgehead atoms. The highest BCUT2D eigenvalue weighted by atomic mass is 32.1. The number of hydrogen-bond acceptors (Lipinski definition) is 4. The lowest BCUT2D eigenvalue weighted by Gasteiger charge is -2.49. The van der Waals surface area contributed by atoms with E-state index in [2.05, 4.69) is 41.1 Å². The third kappa shape index (κ3) is 2.11. The molecular formula is C11H21N5S. The minimum atomic E-state index is 0.308. The highest BCUT2D eigenvalue weighted by molar-refractivity contribution is 7.71. The van der Waals surface area contributed by atoms with Crippen molar-refractivity contribution in [2.75, 3.05) is 32.6 Å². The monoisotopic (exact) mass is 255 g/mol. The van der Waals surface area contributed by atoms with Crippen molar-refractivity contribution in [3.05, 3.63) is 4.77 Å². The molecule has 0 aromatic carbocycles. The number of nitrogens with zero attached hydrogens (tertiary/aromatic N) is 4. The Morgan fingerprint density at radius 3 is 2.41 bits per heavy atom. The first-order chi connectivity index (χ1) is 7.96. The van der Waals surface area contributed by atoms with E-state index in [0.717, 1.165) is 12.5 Å². The lowest BCUT2D eigenvalue weighted by atomic mass is 9.75. The molecule has 2 rings (SSSR count). The second kappa shape index (κ2) is 4.42. The Morgan fingerprint density at radius 1 is 1.41 bits per heavy atom. The van der Waals surface area contributed by atoms with E-state index in [1.54, 1.807) is 0 Å². The summed E-state index contributed by atoms with van der Waals surface area (Å²) < 4.78 is 2.58. The molecule has 0 radical (unpaired) electrons. The van der Waals surface area contributed by atoms with Crippen molar-refractivity contribution in [1.29, 1.82) is 0 Å². The summed E-state index contributed by atoms with van der Waals surface area (Å²) in [6.07, 6.45) is 3.85. The van der Waals surface area contributed by atoms with Crippen LogP contribution in [0.5, 0.6) is 0 Å². The summed E-state index contributed by atoms with van der Waals surface area (Å²) >= 11 is 5.14. The fraction of sp³-hybridized carbons (Fsp3) is 0.818. The molecule has 17 heavy (non-hydrogen) atoms. The van der Waals surface area contributed by atoms with Gasteiger partial charge in [0.15, 0.2) is 4.77 Å². The molecule has 1 aliphatic rings. The summed E-state index contributed by atoms with van der Waals surface area (Å²) in [6, 6.07) is 0. The molecule has 1 aromatic rings. The van der Waals surface area contributed by atoms with Gasteiger partial charge in [-0.15, -0.1) is 5.10 Å². The summed E-state index contributed by atoms with van der Waals surface area (Å²) in [5.41, 5.74) is 0.308. The lowest BCUT2D eigenvalue weighted by Crippen LogP contribution is -2.57. The number of rotatable bonds is 4. The molecule has 1 aromatic heterocycles. The molecule has 0 atom stereocenters. The molecule has 1 saturated carbocycles. The van der Waals surface area contributed by atoms with Crippen molar-refractivity contribution >= 4 is 18.2 Å². The van der Waals surface area contributed by atoms with Gasteiger partial charge in [0.25, 0.3) is 0 Å². The molecule has 1 heterocycles. The van der Waals surface area contributed by atoms with Gasteiger partial charge in [0.05, 0.1) is 0 Å². The van der Waals surface area contributed by atoms with Gasteiger partial charge >= 0.3 is 0 Å². The zero-order valence-corrected chi connectivity index (χ0v) is 11.8. The first-order valence-corrected chi connectivity index (χ1v) is 6.37. The van der Waals surface area contributed by atoms with Crippen LogP contribution in [0, 0.1) is 4.77 Å². The number of aromatic nitrogens is 3. The number of hydrogen-bond donors (Lipinski definition) is 1. The number of H-pyrrole nitrogens is 1. The van der Waals surface area contributed by atoms with Crippen LogP contribution in [0.15, 0.2) is 0 Å². The fourth-order valence-electron chi connectivity index (χ4n) is 2.52. The van der Waals surface area contributed by atoms with Crippen LogP contribution in [-0.2, 0) is 7.05 Å². The average Bonchev–Trinajstić information content (AvgIpc) is 2.53. The minimum Gasteiger partial charge on any atom is -0.342 e. The number of nitrogens with one attached hydrogen (secondary N) is 1. The van der Waals surface area contributed by atoms with Crippen molar-refractivity contribution in [3.8, 4) is 0 Å². The summed E-state index contributed by atoms with van der Waals surface area (Å²) in [5, 5.41) is 7.10. The van der Waals surface area contributed by atoms with Crippen LogP contribution in [0.25, 0.3) is 0 Å². The summed E-state index contributed by atoms with van der Waals surface area (Å²) in [7, 11) is 8.35. The van der Waals surface area contributed by atoms with Crippen LogP contribution >= 0.6 is 12.2 Å². The van der Waals surface area contributed by atoms with Gasteiger partial charge in [-0.3, -0.25) is 4.57 Å². The summed E-state index contributed by atoms with van der Waals surface area (Å²) in [6.45, 7) is 0.994. The Labute approximate surface area is 107 Å². The minimum absolute atomic E-state index is 0.308. The Bertz CT molecular complexity index is 443. The van der Waals surface area contributed by atoms with E-state index in [1.165, 1.54) is 19.3 Å². The Hall–Kier alpha value is -0.880. The number of likely N-dealkylation sites (N-methyl/N-ethyl adjacent to an activating group) is 2. The molecule has 0 amide bonds. The van der Waals surface area contributed by atoms with E-state index < -0.39 is 0 Å². The largest absolute Gasteiger partial charge is 0.342 e. The Kier molecular flexibility index (Phi) is 3.27. The predicted octanol–water partition coefficient (Wildman–Crippen LogP) is 1.40. The first kappa shape index (κ1) is 12.6. The summed E-state index contributed by atoms with van der Waals surface area (Å²) in [5.74, 6) is 0.906. The number of anilines is 1. The van der Waals surface area contributed by atoms with Crippen molar-refractivity contribution in [3.63, 3.8) is 0 Å². The van der Waals surface area contributed by atoms with Crippen LogP contribution in [0.1, 0.15) is 19.3 Å². The van der Waals surface area contributed by atoms with E-state index in [0.29, 0.717) is 10.3 Å². The van der Waals surface area contributed by atoms with E-state index >= 15 is 0 Å². The number of aromatic amines is 1. The molecule has 5 nitrogen and oxygen atoms in total. The summed E-state index contributed by atoms with van der Waals surface area (Å²) in [4.78, 5) is 4.53. The molecule has 1 fully saturated rings. The van der Waals surface area contributed by atoms with Crippen molar-refractivity contribution in [2.24, 2.45) is 7.05 Å². The standard InChI is InChI=1S/C11H21N5S/c1-14(2)11(6-5-7-11)8-15(3)9-12-13-10(17)16(9)4/h5-8H2,1-4H3,(H,13,17). The normalized spacial score (nSPS) is 18.2. The molecule has 1 aliphatic carbocycles. The molecule has 1 N–H and O–H groups in total. The van der Waals surface area contributed by atoms with E-state index in [1.807, 2.05) is 11.6 Å². The third-order valence-electron chi connectivity index (χ3n) is 3.96. The molecule has 6 heteroatoms. The van der Waals surface area contributed by atoms with Crippen LogP contribution in [0.2, 0.25) is 0 Å². The smallest absolute Gasteiger partial charge is 0.225 e. The van der Waals surface area contributed by atoms with Crippen LogP contribution in [-0.4, -0.2) is 52.9 Å². The molecule has 0 spiro atoms. The topological polar surface area (TPSA) is 40.1 Å². The highest BCUT2D eigenvalue weighted by Gasteiger charge is 2.40. The van der Waals surface area contributed by atoms with Crippen molar-refractivity contribution in [1.82, 2.24) is 19.7 Å². The highest BCUT2D eigenvalue weighted by Crippen LogP contribution is 2.37. The zero-order chi connectivity index (χ0) is 12.6. The van der Waals surface area contributed by atoms with Gasteiger partial charge in [0, 0.05) is 26.2 Å². The maximum atomic E-state index is 5.14. The second-order valence-corrected chi connectivity index (χ2v) is 5.60. The molecular weight excluding hydrogens is 234 g/mol. The van der Waals surface area contributed by atoms with E-state index in [9.17, 15) is 0 Å². The van der Waals surface area contributed by atoms with Crippen LogP contribution < -0.4 is 4.90 Å². The SMILES string of the molecule is CN(CC1(N(C)C)CCC1)c1n[nH]c(=S)n1C. The quantitative estimate of drug-likeness (QED) is 0.826. The third-order valence-corrected chi connectivity index (χ3v) is 4.33. The maximum Gasteiger partial charge on any atom is 0.225 e. The molecule has 0 unspecified atom stereocenters. The van der Waals surface area contributed by atoms with Crippen LogP contribution in [0.4, 0.5) is 5.95 Å². The molecule has 0 saturated heterocycles. The van der Waals surface area contributed by atoms with Gasteiger partial charge in [-0.1, -0.05) is 0 Å². The van der Waals surface area contributed by atoms with Crippen molar-refractivity contribution < 1.29 is 0 Å².